The van der Waals surface area contributed by atoms with Gasteiger partial charge in [0.25, 0.3) is 5.91 Å². The minimum Gasteiger partial charge on any atom is -0.462 e. The molecule has 1 N–H and O–H groups in total. The first kappa shape index (κ1) is 15.7. The number of hydrogen-bond acceptors (Lipinski definition) is 5. The minimum absolute atomic E-state index is 0.255. The van der Waals surface area contributed by atoms with E-state index >= 15 is 0 Å². The van der Waals surface area contributed by atoms with E-state index in [4.69, 9.17) is 4.74 Å². The van der Waals surface area contributed by atoms with Crippen molar-refractivity contribution in [1.29, 1.82) is 0 Å². The van der Waals surface area contributed by atoms with E-state index < -0.39 is 5.97 Å². The Bertz CT molecular complexity index is 631. The Kier molecular flexibility index (Phi) is 5.36. The molecule has 1 amide bonds. The second-order valence-corrected chi connectivity index (χ2v) is 7.71. The lowest BCUT2D eigenvalue weighted by Crippen LogP contribution is -2.13. The molecule has 20 heavy (non-hydrogen) atoms. The highest BCUT2D eigenvalue weighted by Gasteiger charge is 2.18. The van der Waals surface area contributed by atoms with E-state index in [9.17, 15) is 9.59 Å². The monoisotopic (exact) mass is 437 g/mol. The predicted molar refractivity (Wildman–Crippen MR) is 87.9 cm³/mol. The van der Waals surface area contributed by atoms with Crippen molar-refractivity contribution in [3.8, 4) is 0 Å². The summed E-state index contributed by atoms with van der Waals surface area (Å²) in [6.45, 7) is 2.04. The Morgan fingerprint density at radius 2 is 2.15 bits per heavy atom. The Labute approximate surface area is 140 Å². The number of carbonyl (C=O) groups is 2. The number of thiophene rings is 2. The number of rotatable bonds is 4. The number of esters is 1. The number of nitrogens with one attached hydrogen (secondary N) is 1. The van der Waals surface area contributed by atoms with E-state index in [1.54, 1.807) is 24.4 Å². The van der Waals surface area contributed by atoms with Crippen molar-refractivity contribution in [2.75, 3.05) is 11.9 Å². The van der Waals surface area contributed by atoms with Crippen molar-refractivity contribution >= 4 is 71.4 Å². The van der Waals surface area contributed by atoms with Gasteiger partial charge in [0.2, 0.25) is 0 Å². The zero-order valence-corrected chi connectivity index (χ0v) is 15.0. The van der Waals surface area contributed by atoms with Gasteiger partial charge in [0.1, 0.15) is 5.00 Å². The molecule has 0 radical (unpaired) electrons. The van der Waals surface area contributed by atoms with Crippen LogP contribution in [0.15, 0.2) is 25.8 Å². The first-order valence-electron chi connectivity index (χ1n) is 5.53. The number of anilines is 1. The highest BCUT2D eigenvalue weighted by atomic mass is 79.9. The average Bonchev–Trinajstić information content (AvgIpc) is 2.98. The van der Waals surface area contributed by atoms with Gasteiger partial charge in [-0.25, -0.2) is 4.79 Å². The van der Waals surface area contributed by atoms with Crippen LogP contribution in [-0.2, 0) is 4.74 Å². The lowest BCUT2D eigenvalue weighted by Gasteiger charge is -2.04. The fraction of sp³-hybridized carbons (Fsp3) is 0.167. The van der Waals surface area contributed by atoms with E-state index in [1.807, 2.05) is 0 Å². The third-order valence-corrected chi connectivity index (χ3v) is 6.34. The van der Waals surface area contributed by atoms with Crippen LogP contribution in [0.25, 0.3) is 0 Å². The number of halogens is 2. The van der Waals surface area contributed by atoms with E-state index in [0.717, 1.165) is 8.26 Å². The second-order valence-electron chi connectivity index (χ2n) is 3.57. The van der Waals surface area contributed by atoms with Crippen LogP contribution in [0.3, 0.4) is 0 Å². The molecular weight excluding hydrogens is 430 g/mol. The van der Waals surface area contributed by atoms with Crippen LogP contribution in [0.1, 0.15) is 27.0 Å². The van der Waals surface area contributed by atoms with Crippen molar-refractivity contribution in [3.63, 3.8) is 0 Å². The maximum Gasteiger partial charge on any atom is 0.341 e. The number of hydrogen-bond donors (Lipinski definition) is 1. The molecule has 4 nitrogen and oxygen atoms in total. The molecule has 2 rings (SSSR count). The van der Waals surface area contributed by atoms with Crippen molar-refractivity contribution < 1.29 is 14.3 Å². The molecule has 0 aliphatic rings. The van der Waals surface area contributed by atoms with Crippen molar-refractivity contribution in [1.82, 2.24) is 0 Å². The van der Waals surface area contributed by atoms with Gasteiger partial charge in [-0.3, -0.25) is 4.79 Å². The van der Waals surface area contributed by atoms with Gasteiger partial charge < -0.3 is 10.1 Å². The van der Waals surface area contributed by atoms with Crippen LogP contribution in [-0.4, -0.2) is 18.5 Å². The molecule has 0 fully saturated rings. The maximum atomic E-state index is 12.1. The Morgan fingerprint density at radius 1 is 1.40 bits per heavy atom. The Morgan fingerprint density at radius 3 is 2.75 bits per heavy atom. The number of carbonyl (C=O) groups excluding carboxylic acids is 2. The van der Waals surface area contributed by atoms with Gasteiger partial charge in [-0.15, -0.1) is 22.7 Å². The smallest absolute Gasteiger partial charge is 0.341 e. The van der Waals surface area contributed by atoms with E-state index in [-0.39, 0.29) is 5.91 Å². The van der Waals surface area contributed by atoms with Crippen LogP contribution in [0.2, 0.25) is 0 Å². The molecule has 2 aromatic rings. The number of ether oxygens (including phenoxy) is 1. The second kappa shape index (κ2) is 6.84. The van der Waals surface area contributed by atoms with Gasteiger partial charge in [-0.1, -0.05) is 0 Å². The number of amides is 1. The van der Waals surface area contributed by atoms with Gasteiger partial charge in [-0.05, 0) is 56.3 Å². The van der Waals surface area contributed by atoms with Gasteiger partial charge in [0.05, 0.1) is 20.8 Å². The predicted octanol–water partition coefficient (Wildman–Crippen LogP) is 4.76. The molecule has 0 bridgehead atoms. The summed E-state index contributed by atoms with van der Waals surface area (Å²) in [5.74, 6) is -0.688. The molecule has 0 aliphatic carbocycles. The third-order valence-electron chi connectivity index (χ3n) is 2.26. The van der Waals surface area contributed by atoms with Crippen molar-refractivity contribution in [2.24, 2.45) is 0 Å². The third kappa shape index (κ3) is 3.49. The quantitative estimate of drug-likeness (QED) is 0.699. The van der Waals surface area contributed by atoms with Crippen LogP contribution < -0.4 is 5.32 Å². The Hall–Kier alpha value is -0.700. The van der Waals surface area contributed by atoms with Crippen LogP contribution in [0.5, 0.6) is 0 Å². The van der Waals surface area contributed by atoms with Gasteiger partial charge >= 0.3 is 5.97 Å². The van der Waals surface area contributed by atoms with Crippen LogP contribution in [0.4, 0.5) is 5.00 Å². The molecule has 0 saturated heterocycles. The topological polar surface area (TPSA) is 55.4 Å². The molecule has 106 valence electrons. The summed E-state index contributed by atoms with van der Waals surface area (Å²) in [6, 6.07) is 3.36. The summed E-state index contributed by atoms with van der Waals surface area (Å²) in [5, 5.41) is 4.97. The lowest BCUT2D eigenvalue weighted by molar-refractivity contribution is 0.0528. The summed E-state index contributed by atoms with van der Waals surface area (Å²) in [4.78, 5) is 24.4. The van der Waals surface area contributed by atoms with E-state index in [0.29, 0.717) is 22.0 Å². The molecule has 8 heteroatoms. The molecule has 0 aliphatic heterocycles. The normalized spacial score (nSPS) is 10.3. The van der Waals surface area contributed by atoms with Gasteiger partial charge in [-0.2, -0.15) is 0 Å². The largest absolute Gasteiger partial charge is 0.462 e. The van der Waals surface area contributed by atoms with Gasteiger partial charge in [0.15, 0.2) is 0 Å². The molecule has 0 unspecified atom stereocenters. The standard InChI is InChI=1S/C12H9Br2NO3S2/c1-2-18-12(17)6-3-4-19-11(6)15-10(16)8-5-7(13)9(14)20-8/h3-5H,2H2,1H3,(H,15,16). The molecule has 2 heterocycles. The maximum absolute atomic E-state index is 12.1. The molecule has 0 saturated carbocycles. The fourth-order valence-corrected chi connectivity index (χ4v) is 4.10. The zero-order chi connectivity index (χ0) is 14.7. The Balaban J connectivity index is 2.16. The van der Waals surface area contributed by atoms with Crippen molar-refractivity contribution in [2.45, 2.75) is 6.92 Å². The highest BCUT2D eigenvalue weighted by molar-refractivity contribution is 9.13. The van der Waals surface area contributed by atoms with Crippen LogP contribution >= 0.6 is 54.5 Å². The van der Waals surface area contributed by atoms with Gasteiger partial charge in [0, 0.05) is 4.47 Å². The summed E-state index contributed by atoms with van der Waals surface area (Å²) >= 11 is 9.27. The first-order chi connectivity index (χ1) is 9.52. The fourth-order valence-electron chi connectivity index (χ4n) is 1.40. The zero-order valence-electron chi connectivity index (χ0n) is 10.2. The molecule has 0 spiro atoms. The summed E-state index contributed by atoms with van der Waals surface area (Å²) < 4.78 is 6.61. The molecule has 0 aromatic carbocycles. The summed E-state index contributed by atoms with van der Waals surface area (Å²) in [7, 11) is 0. The highest BCUT2D eigenvalue weighted by Crippen LogP contribution is 2.33. The molecular formula is C12H9Br2NO3S2. The average molecular weight is 439 g/mol. The SMILES string of the molecule is CCOC(=O)c1ccsc1NC(=O)c1cc(Br)c(Br)s1. The lowest BCUT2D eigenvalue weighted by atomic mass is 10.3. The van der Waals surface area contributed by atoms with E-state index in [1.165, 1.54) is 22.7 Å². The molecule has 2 aromatic heterocycles. The summed E-state index contributed by atoms with van der Waals surface area (Å²) in [5.41, 5.74) is 0.375. The molecule has 0 atom stereocenters. The first-order valence-corrected chi connectivity index (χ1v) is 8.82. The van der Waals surface area contributed by atoms with E-state index in [2.05, 4.69) is 37.2 Å². The minimum atomic E-state index is -0.433. The van der Waals surface area contributed by atoms with Crippen LogP contribution in [0, 0.1) is 0 Å². The summed E-state index contributed by atoms with van der Waals surface area (Å²) in [6.07, 6.45) is 0. The van der Waals surface area contributed by atoms with Crippen molar-refractivity contribution in [3.05, 3.63) is 36.2 Å².